The average molecular weight is 286 g/mol. The van der Waals surface area contributed by atoms with Gasteiger partial charge in [-0.3, -0.25) is 4.79 Å². The van der Waals surface area contributed by atoms with Crippen LogP contribution in [0.1, 0.15) is 66.2 Å². The highest BCUT2D eigenvalue weighted by molar-refractivity contribution is 5.80. The second kappa shape index (κ2) is 9.61. The lowest BCUT2D eigenvalue weighted by Crippen LogP contribution is -2.52. The molecule has 0 aromatic rings. The van der Waals surface area contributed by atoms with Crippen LogP contribution >= 0.6 is 0 Å². The van der Waals surface area contributed by atoms with Crippen LogP contribution in [0.5, 0.6) is 0 Å². The first-order valence-electron chi connectivity index (χ1n) is 7.56. The minimum absolute atomic E-state index is 0.272. The lowest BCUT2D eigenvalue weighted by atomic mass is 10.1. The maximum absolute atomic E-state index is 12.0. The fourth-order valence-electron chi connectivity index (χ4n) is 1.94. The molecule has 0 aliphatic rings. The molecule has 0 saturated carbocycles. The largest absolute Gasteiger partial charge is 0.480 e. The van der Waals surface area contributed by atoms with Gasteiger partial charge in [-0.1, -0.05) is 39.0 Å². The molecule has 0 aromatic heterocycles. The molecule has 5 nitrogen and oxygen atoms in total. The number of carbonyl (C=O) groups excluding carboxylic acids is 1. The number of carboxylic acid groups (broad SMARTS) is 1. The third kappa shape index (κ3) is 8.77. The van der Waals surface area contributed by atoms with Gasteiger partial charge < -0.3 is 15.3 Å². The number of carbonyl (C=O) groups is 2. The molecular weight excluding hydrogens is 256 g/mol. The van der Waals surface area contributed by atoms with Crippen molar-refractivity contribution < 1.29 is 14.7 Å². The first-order valence-corrected chi connectivity index (χ1v) is 7.56. The van der Waals surface area contributed by atoms with E-state index in [-0.39, 0.29) is 12.6 Å². The van der Waals surface area contributed by atoms with Crippen molar-refractivity contribution in [2.75, 3.05) is 13.1 Å². The molecule has 0 unspecified atom stereocenters. The summed E-state index contributed by atoms with van der Waals surface area (Å²) in [6, 6.07) is -0.298. The summed E-state index contributed by atoms with van der Waals surface area (Å²) < 4.78 is 0. The van der Waals surface area contributed by atoms with Crippen LogP contribution in [0.4, 0.5) is 4.79 Å². The molecule has 0 fully saturated rings. The molecular formula is C15H30N2O3. The molecule has 5 heteroatoms. The number of urea groups is 1. The Morgan fingerprint density at radius 1 is 1.05 bits per heavy atom. The Morgan fingerprint density at radius 2 is 1.60 bits per heavy atom. The summed E-state index contributed by atoms with van der Waals surface area (Å²) in [5.74, 6) is -0.991. The van der Waals surface area contributed by atoms with E-state index in [1.807, 2.05) is 20.8 Å². The van der Waals surface area contributed by atoms with Gasteiger partial charge in [0.1, 0.15) is 6.54 Å². The minimum atomic E-state index is -0.991. The lowest BCUT2D eigenvalue weighted by Gasteiger charge is -2.34. The molecule has 0 saturated heterocycles. The third-order valence-electron chi connectivity index (χ3n) is 3.15. The van der Waals surface area contributed by atoms with Gasteiger partial charge in [-0.05, 0) is 27.2 Å². The first-order chi connectivity index (χ1) is 9.29. The maximum atomic E-state index is 12.0. The topological polar surface area (TPSA) is 69.6 Å². The summed E-state index contributed by atoms with van der Waals surface area (Å²) in [7, 11) is 0. The molecule has 0 atom stereocenters. The van der Waals surface area contributed by atoms with E-state index in [2.05, 4.69) is 12.2 Å². The van der Waals surface area contributed by atoms with Crippen molar-refractivity contribution >= 4 is 12.0 Å². The molecule has 2 N–H and O–H groups in total. The van der Waals surface area contributed by atoms with E-state index in [1.54, 1.807) is 0 Å². The highest BCUT2D eigenvalue weighted by Gasteiger charge is 2.27. The van der Waals surface area contributed by atoms with Gasteiger partial charge in [0.2, 0.25) is 0 Å². The van der Waals surface area contributed by atoms with Crippen LogP contribution in [-0.4, -0.2) is 40.6 Å². The highest BCUT2D eigenvalue weighted by atomic mass is 16.4. The predicted molar refractivity (Wildman–Crippen MR) is 80.9 cm³/mol. The summed E-state index contributed by atoms with van der Waals surface area (Å²) in [4.78, 5) is 24.2. The van der Waals surface area contributed by atoms with E-state index in [1.165, 1.54) is 30.6 Å². The molecule has 2 amide bonds. The molecule has 0 bridgehead atoms. The molecule has 0 spiro atoms. The zero-order valence-electron chi connectivity index (χ0n) is 13.4. The summed E-state index contributed by atoms with van der Waals surface area (Å²) in [6.07, 6.45) is 6.99. The maximum Gasteiger partial charge on any atom is 0.323 e. The Balaban J connectivity index is 3.99. The Bertz CT molecular complexity index is 298. The van der Waals surface area contributed by atoms with Crippen molar-refractivity contribution in [1.29, 1.82) is 0 Å². The zero-order valence-corrected chi connectivity index (χ0v) is 13.4. The number of nitrogens with one attached hydrogen (secondary N) is 1. The van der Waals surface area contributed by atoms with Crippen LogP contribution in [0.3, 0.4) is 0 Å². The molecule has 0 aliphatic carbocycles. The fourth-order valence-corrected chi connectivity index (χ4v) is 1.94. The summed E-state index contributed by atoms with van der Waals surface area (Å²) in [5.41, 5.74) is -0.496. The monoisotopic (exact) mass is 286 g/mol. The Kier molecular flexibility index (Phi) is 9.01. The van der Waals surface area contributed by atoms with E-state index < -0.39 is 11.5 Å². The van der Waals surface area contributed by atoms with Crippen LogP contribution in [0.25, 0.3) is 0 Å². The van der Waals surface area contributed by atoms with Gasteiger partial charge in [-0.25, -0.2) is 4.79 Å². The molecule has 20 heavy (non-hydrogen) atoms. The quantitative estimate of drug-likeness (QED) is 0.639. The number of nitrogens with zero attached hydrogens (tertiary/aromatic N) is 1. The second-order valence-corrected chi connectivity index (χ2v) is 6.15. The number of aliphatic carboxylic acids is 1. The smallest absolute Gasteiger partial charge is 0.323 e. The standard InChI is InChI=1S/C15H30N2O3/c1-5-6-7-8-9-10-11-16-14(20)17(12-13(18)19)15(2,3)4/h5-12H2,1-4H3,(H,16,20)(H,18,19). The normalized spacial score (nSPS) is 11.2. The second-order valence-electron chi connectivity index (χ2n) is 6.15. The van der Waals surface area contributed by atoms with Gasteiger partial charge in [0, 0.05) is 12.1 Å². The van der Waals surface area contributed by atoms with Crippen molar-refractivity contribution in [1.82, 2.24) is 10.2 Å². The summed E-state index contributed by atoms with van der Waals surface area (Å²) >= 11 is 0. The number of hydrogen-bond donors (Lipinski definition) is 2. The Hall–Kier alpha value is -1.26. The van der Waals surface area contributed by atoms with E-state index >= 15 is 0 Å². The van der Waals surface area contributed by atoms with E-state index in [9.17, 15) is 9.59 Å². The molecule has 0 aliphatic heterocycles. The average Bonchev–Trinajstić information content (AvgIpc) is 2.33. The van der Waals surface area contributed by atoms with E-state index in [4.69, 9.17) is 5.11 Å². The summed E-state index contributed by atoms with van der Waals surface area (Å²) in [5, 5.41) is 11.7. The fraction of sp³-hybridized carbons (Fsp3) is 0.867. The van der Waals surface area contributed by atoms with Crippen LogP contribution in [-0.2, 0) is 4.79 Å². The van der Waals surface area contributed by atoms with Gasteiger partial charge in [-0.15, -0.1) is 0 Å². The van der Waals surface area contributed by atoms with Gasteiger partial charge in [0.15, 0.2) is 0 Å². The summed E-state index contributed by atoms with van der Waals surface area (Å²) in [6.45, 7) is 8.02. The first kappa shape index (κ1) is 18.7. The zero-order chi connectivity index (χ0) is 15.6. The van der Waals surface area contributed by atoms with E-state index in [0.29, 0.717) is 6.54 Å². The number of unbranched alkanes of at least 4 members (excludes halogenated alkanes) is 5. The molecule has 0 heterocycles. The van der Waals surface area contributed by atoms with Crippen molar-refractivity contribution in [2.24, 2.45) is 0 Å². The Morgan fingerprint density at radius 3 is 2.10 bits per heavy atom. The van der Waals surface area contributed by atoms with Crippen LogP contribution in [0.15, 0.2) is 0 Å². The number of hydrogen-bond acceptors (Lipinski definition) is 2. The van der Waals surface area contributed by atoms with Crippen molar-refractivity contribution in [2.45, 2.75) is 71.8 Å². The van der Waals surface area contributed by atoms with Crippen molar-refractivity contribution in [3.8, 4) is 0 Å². The number of carboxylic acids is 1. The minimum Gasteiger partial charge on any atom is -0.480 e. The van der Waals surface area contributed by atoms with Crippen LogP contribution in [0.2, 0.25) is 0 Å². The lowest BCUT2D eigenvalue weighted by molar-refractivity contribution is -0.138. The predicted octanol–water partition coefficient (Wildman–Crippen LogP) is 3.24. The molecule has 0 radical (unpaired) electrons. The SMILES string of the molecule is CCCCCCCCNC(=O)N(CC(=O)O)C(C)(C)C. The third-order valence-corrected chi connectivity index (χ3v) is 3.15. The van der Waals surface area contributed by atoms with Gasteiger partial charge in [-0.2, -0.15) is 0 Å². The van der Waals surface area contributed by atoms with Gasteiger partial charge in [0.25, 0.3) is 0 Å². The Labute approximate surface area is 122 Å². The molecule has 0 aromatic carbocycles. The van der Waals surface area contributed by atoms with Gasteiger partial charge >= 0.3 is 12.0 Å². The molecule has 0 rings (SSSR count). The van der Waals surface area contributed by atoms with Crippen LogP contribution < -0.4 is 5.32 Å². The van der Waals surface area contributed by atoms with Crippen LogP contribution in [0, 0.1) is 0 Å². The van der Waals surface area contributed by atoms with E-state index in [0.717, 1.165) is 12.8 Å². The van der Waals surface area contributed by atoms with Crippen molar-refractivity contribution in [3.63, 3.8) is 0 Å². The number of rotatable bonds is 9. The number of amides is 2. The van der Waals surface area contributed by atoms with Gasteiger partial charge in [0.05, 0.1) is 0 Å². The molecule has 118 valence electrons. The highest BCUT2D eigenvalue weighted by Crippen LogP contribution is 2.13. The van der Waals surface area contributed by atoms with Crippen molar-refractivity contribution in [3.05, 3.63) is 0 Å².